The second-order valence-corrected chi connectivity index (χ2v) is 6.87. The van der Waals surface area contributed by atoms with Crippen LogP contribution in [0.3, 0.4) is 0 Å². The molecule has 6 heteroatoms. The van der Waals surface area contributed by atoms with Crippen molar-refractivity contribution in [3.63, 3.8) is 0 Å². The standard InChI is InChI=1S/C21H27NO4S/c1-5-25-19-12-7-16(13-20(19)26-6-2)15(3)22-21(23)14-27-18-10-8-17(24-4)9-11-18/h7-13,15H,5-6,14H2,1-4H3,(H,22,23)/t15-/m0/s1. The van der Waals surface area contributed by atoms with Gasteiger partial charge in [-0.3, -0.25) is 4.79 Å². The predicted octanol–water partition coefficient (Wildman–Crippen LogP) is 4.46. The minimum absolute atomic E-state index is 0.0184. The number of hydrogen-bond donors (Lipinski definition) is 1. The van der Waals surface area contributed by atoms with Crippen molar-refractivity contribution in [1.29, 1.82) is 0 Å². The van der Waals surface area contributed by atoms with Crippen molar-refractivity contribution in [1.82, 2.24) is 5.32 Å². The van der Waals surface area contributed by atoms with Crippen molar-refractivity contribution in [2.45, 2.75) is 31.7 Å². The van der Waals surface area contributed by atoms with E-state index in [0.29, 0.717) is 24.7 Å². The van der Waals surface area contributed by atoms with Crippen LogP contribution in [0.2, 0.25) is 0 Å². The van der Waals surface area contributed by atoms with E-state index in [2.05, 4.69) is 5.32 Å². The molecule has 5 nitrogen and oxygen atoms in total. The molecule has 0 saturated carbocycles. The highest BCUT2D eigenvalue weighted by Gasteiger charge is 2.13. The van der Waals surface area contributed by atoms with Crippen molar-refractivity contribution in [2.24, 2.45) is 0 Å². The number of hydrogen-bond acceptors (Lipinski definition) is 5. The van der Waals surface area contributed by atoms with Gasteiger partial charge >= 0.3 is 0 Å². The van der Waals surface area contributed by atoms with Gasteiger partial charge in [-0.05, 0) is 62.7 Å². The average Bonchev–Trinajstić information content (AvgIpc) is 2.68. The third-order valence-corrected chi connectivity index (χ3v) is 4.89. The zero-order chi connectivity index (χ0) is 19.6. The first-order valence-electron chi connectivity index (χ1n) is 9.03. The van der Waals surface area contributed by atoms with Crippen LogP contribution < -0.4 is 19.5 Å². The Labute approximate surface area is 165 Å². The van der Waals surface area contributed by atoms with Gasteiger partial charge < -0.3 is 19.5 Å². The molecule has 0 spiro atoms. The van der Waals surface area contributed by atoms with Crippen LogP contribution in [0.25, 0.3) is 0 Å². The Morgan fingerprint density at radius 2 is 1.70 bits per heavy atom. The summed E-state index contributed by atoms with van der Waals surface area (Å²) in [4.78, 5) is 13.3. The predicted molar refractivity (Wildman–Crippen MR) is 109 cm³/mol. The van der Waals surface area contributed by atoms with Crippen LogP contribution in [-0.4, -0.2) is 32.0 Å². The first-order valence-corrected chi connectivity index (χ1v) is 10.0. The van der Waals surface area contributed by atoms with Crippen LogP contribution in [0.1, 0.15) is 32.4 Å². The number of carbonyl (C=O) groups excluding carboxylic acids is 1. The Balaban J connectivity index is 1.93. The number of nitrogens with one attached hydrogen (secondary N) is 1. The number of methoxy groups -OCH3 is 1. The largest absolute Gasteiger partial charge is 0.497 e. The second kappa shape index (κ2) is 10.7. The topological polar surface area (TPSA) is 56.8 Å². The van der Waals surface area contributed by atoms with E-state index in [1.807, 2.05) is 63.2 Å². The van der Waals surface area contributed by atoms with E-state index >= 15 is 0 Å². The Kier molecular flexibility index (Phi) is 8.33. The highest BCUT2D eigenvalue weighted by atomic mass is 32.2. The molecule has 0 fully saturated rings. The van der Waals surface area contributed by atoms with Crippen LogP contribution in [-0.2, 0) is 4.79 Å². The van der Waals surface area contributed by atoms with Crippen LogP contribution >= 0.6 is 11.8 Å². The molecule has 1 atom stereocenters. The Morgan fingerprint density at radius 3 is 2.33 bits per heavy atom. The molecule has 0 aliphatic carbocycles. The summed E-state index contributed by atoms with van der Waals surface area (Å²) in [6.07, 6.45) is 0. The number of ether oxygens (including phenoxy) is 3. The lowest BCUT2D eigenvalue weighted by Gasteiger charge is -2.17. The molecule has 27 heavy (non-hydrogen) atoms. The molecule has 2 rings (SSSR count). The molecule has 0 radical (unpaired) electrons. The molecule has 0 aromatic heterocycles. The normalized spacial score (nSPS) is 11.6. The number of benzene rings is 2. The first kappa shape index (κ1) is 21.0. The summed E-state index contributed by atoms with van der Waals surface area (Å²) in [7, 11) is 1.63. The monoisotopic (exact) mass is 389 g/mol. The van der Waals surface area contributed by atoms with Crippen molar-refractivity contribution in [2.75, 3.05) is 26.1 Å². The second-order valence-electron chi connectivity index (χ2n) is 5.83. The van der Waals surface area contributed by atoms with Gasteiger partial charge in [0.25, 0.3) is 0 Å². The van der Waals surface area contributed by atoms with Crippen LogP contribution in [0.15, 0.2) is 47.4 Å². The molecule has 0 aliphatic heterocycles. The fraction of sp³-hybridized carbons (Fsp3) is 0.381. The summed E-state index contributed by atoms with van der Waals surface area (Å²) in [5.74, 6) is 2.56. The van der Waals surface area contributed by atoms with Gasteiger partial charge in [0.05, 0.1) is 32.1 Å². The summed E-state index contributed by atoms with van der Waals surface area (Å²) in [6.45, 7) is 6.97. The van der Waals surface area contributed by atoms with Gasteiger partial charge in [0, 0.05) is 4.90 Å². The maximum absolute atomic E-state index is 12.3. The lowest BCUT2D eigenvalue weighted by atomic mass is 10.1. The third kappa shape index (κ3) is 6.40. The van der Waals surface area contributed by atoms with Gasteiger partial charge in [0.1, 0.15) is 5.75 Å². The number of rotatable bonds is 10. The summed E-state index contributed by atoms with van der Waals surface area (Å²) in [5.41, 5.74) is 0.977. The molecule has 0 unspecified atom stereocenters. The molecule has 2 aromatic rings. The third-order valence-electron chi connectivity index (χ3n) is 3.87. The van der Waals surface area contributed by atoms with E-state index in [-0.39, 0.29) is 11.9 Å². The lowest BCUT2D eigenvalue weighted by Crippen LogP contribution is -2.28. The van der Waals surface area contributed by atoms with E-state index < -0.39 is 0 Å². The van der Waals surface area contributed by atoms with E-state index in [1.165, 1.54) is 11.8 Å². The van der Waals surface area contributed by atoms with E-state index in [4.69, 9.17) is 14.2 Å². The highest BCUT2D eigenvalue weighted by molar-refractivity contribution is 8.00. The SMILES string of the molecule is CCOc1ccc([C@H](C)NC(=O)CSc2ccc(OC)cc2)cc1OCC. The summed E-state index contributed by atoms with van der Waals surface area (Å²) >= 11 is 1.49. The van der Waals surface area contributed by atoms with Crippen LogP contribution in [0, 0.1) is 0 Å². The molecule has 2 aromatic carbocycles. The van der Waals surface area contributed by atoms with Crippen molar-refractivity contribution >= 4 is 17.7 Å². The summed E-state index contributed by atoms with van der Waals surface area (Å²) in [6, 6.07) is 13.3. The highest BCUT2D eigenvalue weighted by Crippen LogP contribution is 2.31. The number of thioether (sulfide) groups is 1. The fourth-order valence-corrected chi connectivity index (χ4v) is 3.23. The maximum Gasteiger partial charge on any atom is 0.230 e. The molecular weight excluding hydrogens is 362 g/mol. The minimum Gasteiger partial charge on any atom is -0.497 e. The smallest absolute Gasteiger partial charge is 0.230 e. The van der Waals surface area contributed by atoms with Crippen LogP contribution in [0.4, 0.5) is 0 Å². The minimum atomic E-state index is -0.121. The molecule has 1 N–H and O–H groups in total. The van der Waals surface area contributed by atoms with Gasteiger partial charge in [-0.1, -0.05) is 6.07 Å². The quantitative estimate of drug-likeness (QED) is 0.608. The maximum atomic E-state index is 12.3. The molecule has 0 bridgehead atoms. The van der Waals surface area contributed by atoms with Gasteiger partial charge in [-0.2, -0.15) is 0 Å². The lowest BCUT2D eigenvalue weighted by molar-refractivity contribution is -0.119. The van der Waals surface area contributed by atoms with E-state index in [0.717, 1.165) is 22.0 Å². The Hall–Kier alpha value is -2.34. The molecule has 146 valence electrons. The zero-order valence-electron chi connectivity index (χ0n) is 16.3. The van der Waals surface area contributed by atoms with Gasteiger partial charge in [0.2, 0.25) is 5.91 Å². The van der Waals surface area contributed by atoms with Gasteiger partial charge in [-0.15, -0.1) is 11.8 Å². The van der Waals surface area contributed by atoms with E-state index in [1.54, 1.807) is 7.11 Å². The van der Waals surface area contributed by atoms with Crippen molar-refractivity contribution < 1.29 is 19.0 Å². The Morgan fingerprint density at radius 1 is 1.04 bits per heavy atom. The first-order chi connectivity index (χ1) is 13.1. The van der Waals surface area contributed by atoms with Crippen molar-refractivity contribution in [3.8, 4) is 17.2 Å². The van der Waals surface area contributed by atoms with Gasteiger partial charge in [0.15, 0.2) is 11.5 Å². The average molecular weight is 390 g/mol. The number of carbonyl (C=O) groups is 1. The van der Waals surface area contributed by atoms with Crippen LogP contribution in [0.5, 0.6) is 17.2 Å². The molecular formula is C21H27NO4S. The molecule has 1 amide bonds. The fourth-order valence-electron chi connectivity index (χ4n) is 2.52. The van der Waals surface area contributed by atoms with Gasteiger partial charge in [-0.25, -0.2) is 0 Å². The summed E-state index contributed by atoms with van der Waals surface area (Å²) < 4.78 is 16.4. The molecule has 0 heterocycles. The molecule has 0 aliphatic rings. The van der Waals surface area contributed by atoms with Crippen molar-refractivity contribution in [3.05, 3.63) is 48.0 Å². The summed E-state index contributed by atoms with van der Waals surface area (Å²) in [5, 5.41) is 3.03. The number of amides is 1. The molecule has 0 saturated heterocycles. The zero-order valence-corrected chi connectivity index (χ0v) is 17.1. The van der Waals surface area contributed by atoms with E-state index in [9.17, 15) is 4.79 Å². The Bertz CT molecular complexity index is 733.